The van der Waals surface area contributed by atoms with Crippen LogP contribution in [-0.2, 0) is 10.0 Å². The Balaban J connectivity index is 2.04. The minimum atomic E-state index is -3.83. The van der Waals surface area contributed by atoms with E-state index in [0.29, 0.717) is 12.2 Å². The van der Waals surface area contributed by atoms with Crippen molar-refractivity contribution in [3.05, 3.63) is 28.3 Å². The van der Waals surface area contributed by atoms with Gasteiger partial charge in [-0.1, -0.05) is 6.92 Å². The summed E-state index contributed by atoms with van der Waals surface area (Å²) in [6.07, 6.45) is 0. The summed E-state index contributed by atoms with van der Waals surface area (Å²) in [5.41, 5.74) is -0.591. The molecule has 0 saturated carbocycles. The lowest BCUT2D eigenvalue weighted by Gasteiger charge is -2.34. The third kappa shape index (κ3) is 6.40. The number of piperazine rings is 1. The molecule has 1 aliphatic rings. The van der Waals surface area contributed by atoms with Crippen LogP contribution in [0.1, 0.15) is 27.7 Å². The molecule has 10 heteroatoms. The Labute approximate surface area is 167 Å². The zero-order valence-corrected chi connectivity index (χ0v) is 17.9. The summed E-state index contributed by atoms with van der Waals surface area (Å²) in [4.78, 5) is 15.5. The minimum Gasteiger partial charge on any atom is -0.378 e. The molecule has 1 saturated heterocycles. The van der Waals surface area contributed by atoms with E-state index in [1.165, 1.54) is 12.1 Å². The summed E-state index contributed by atoms with van der Waals surface area (Å²) in [6.45, 7) is 13.7. The van der Waals surface area contributed by atoms with E-state index in [1.54, 1.807) is 20.8 Å². The third-order valence-electron chi connectivity index (χ3n) is 4.57. The number of sulfonamides is 1. The molecule has 1 heterocycles. The summed E-state index contributed by atoms with van der Waals surface area (Å²) in [5.74, 6) is 0. The third-order valence-corrected chi connectivity index (χ3v) is 6.33. The van der Waals surface area contributed by atoms with Gasteiger partial charge in [0.15, 0.2) is 0 Å². The summed E-state index contributed by atoms with van der Waals surface area (Å²) >= 11 is 0. The molecular weight excluding hydrogens is 382 g/mol. The monoisotopic (exact) mass is 413 g/mol. The van der Waals surface area contributed by atoms with Crippen molar-refractivity contribution in [2.24, 2.45) is 0 Å². The highest BCUT2D eigenvalue weighted by atomic mass is 32.2. The Morgan fingerprint density at radius 1 is 1.14 bits per heavy atom. The number of likely N-dealkylation sites (N-methyl/N-ethyl adjacent to an activating group) is 1. The molecule has 1 aromatic rings. The van der Waals surface area contributed by atoms with E-state index in [0.717, 1.165) is 45.3 Å². The summed E-state index contributed by atoms with van der Waals surface area (Å²) in [6, 6.07) is 3.96. The van der Waals surface area contributed by atoms with Crippen LogP contribution >= 0.6 is 0 Å². The van der Waals surface area contributed by atoms with E-state index in [9.17, 15) is 18.5 Å². The Morgan fingerprint density at radius 2 is 1.75 bits per heavy atom. The molecule has 0 aliphatic carbocycles. The van der Waals surface area contributed by atoms with Crippen LogP contribution in [0.2, 0.25) is 0 Å². The Morgan fingerprint density at radius 3 is 2.29 bits per heavy atom. The smallest absolute Gasteiger partial charge is 0.293 e. The molecule has 158 valence electrons. The second kappa shape index (κ2) is 9.17. The van der Waals surface area contributed by atoms with E-state index in [1.807, 2.05) is 0 Å². The molecule has 0 aromatic heterocycles. The number of anilines is 1. The summed E-state index contributed by atoms with van der Waals surface area (Å²) in [5, 5.41) is 14.5. The first-order valence-electron chi connectivity index (χ1n) is 9.53. The van der Waals surface area contributed by atoms with Gasteiger partial charge < -0.3 is 10.2 Å². The van der Waals surface area contributed by atoms with E-state index in [-0.39, 0.29) is 10.6 Å². The number of benzene rings is 1. The molecular formula is C18H31N5O4S. The quantitative estimate of drug-likeness (QED) is 0.493. The second-order valence-corrected chi connectivity index (χ2v) is 9.68. The maximum Gasteiger partial charge on any atom is 0.293 e. The van der Waals surface area contributed by atoms with Gasteiger partial charge in [0.05, 0.1) is 9.82 Å². The lowest BCUT2D eigenvalue weighted by atomic mass is 10.1. The van der Waals surface area contributed by atoms with Crippen LogP contribution in [0.25, 0.3) is 0 Å². The van der Waals surface area contributed by atoms with Crippen LogP contribution in [0.15, 0.2) is 23.1 Å². The van der Waals surface area contributed by atoms with Gasteiger partial charge in [0.25, 0.3) is 5.69 Å². The minimum absolute atomic E-state index is 0.115. The topological polar surface area (TPSA) is 108 Å². The lowest BCUT2D eigenvalue weighted by molar-refractivity contribution is -0.384. The van der Waals surface area contributed by atoms with Crippen LogP contribution in [0.4, 0.5) is 11.4 Å². The van der Waals surface area contributed by atoms with Crippen LogP contribution in [0.5, 0.6) is 0 Å². The van der Waals surface area contributed by atoms with E-state index < -0.39 is 20.5 Å². The van der Waals surface area contributed by atoms with Gasteiger partial charge in [-0.3, -0.25) is 15.0 Å². The number of hydrogen-bond acceptors (Lipinski definition) is 7. The molecule has 0 amide bonds. The number of nitro groups is 1. The fourth-order valence-corrected chi connectivity index (χ4v) is 4.56. The molecule has 28 heavy (non-hydrogen) atoms. The normalized spacial score (nSPS) is 16.9. The van der Waals surface area contributed by atoms with Gasteiger partial charge in [-0.2, -0.15) is 0 Å². The average Bonchev–Trinajstić information content (AvgIpc) is 2.60. The van der Waals surface area contributed by atoms with Crippen LogP contribution in [0.3, 0.4) is 0 Å². The number of nitrogens with zero attached hydrogens (tertiary/aromatic N) is 3. The number of hydrogen-bond donors (Lipinski definition) is 2. The summed E-state index contributed by atoms with van der Waals surface area (Å²) in [7, 11) is -3.83. The van der Waals surface area contributed by atoms with Gasteiger partial charge in [0.2, 0.25) is 10.0 Å². The first-order valence-corrected chi connectivity index (χ1v) is 11.0. The van der Waals surface area contributed by atoms with E-state index in [2.05, 4.69) is 26.8 Å². The lowest BCUT2D eigenvalue weighted by Crippen LogP contribution is -2.47. The maximum atomic E-state index is 12.4. The predicted octanol–water partition coefficient (Wildman–Crippen LogP) is 1.72. The van der Waals surface area contributed by atoms with Crippen molar-refractivity contribution in [1.82, 2.24) is 14.5 Å². The first-order chi connectivity index (χ1) is 13.0. The van der Waals surface area contributed by atoms with E-state index >= 15 is 0 Å². The van der Waals surface area contributed by atoms with Crippen LogP contribution in [0, 0.1) is 10.1 Å². The maximum absolute atomic E-state index is 12.4. The van der Waals surface area contributed by atoms with Crippen molar-refractivity contribution in [2.45, 2.75) is 38.1 Å². The Kier molecular flexibility index (Phi) is 7.38. The van der Waals surface area contributed by atoms with Crippen molar-refractivity contribution in [3.8, 4) is 0 Å². The highest BCUT2D eigenvalue weighted by molar-refractivity contribution is 7.89. The number of nitro benzene ring substituents is 1. The Bertz CT molecular complexity index is 784. The molecule has 0 atom stereocenters. The van der Waals surface area contributed by atoms with Crippen LogP contribution in [-0.4, -0.2) is 74.5 Å². The fourth-order valence-electron chi connectivity index (χ4n) is 3.12. The molecule has 0 radical (unpaired) electrons. The van der Waals surface area contributed by atoms with Gasteiger partial charge in [0.1, 0.15) is 5.69 Å². The van der Waals surface area contributed by atoms with Gasteiger partial charge in [0, 0.05) is 50.9 Å². The fraction of sp³-hybridized carbons (Fsp3) is 0.667. The average molecular weight is 414 g/mol. The first kappa shape index (κ1) is 22.5. The molecule has 1 aliphatic heterocycles. The van der Waals surface area contributed by atoms with Crippen molar-refractivity contribution >= 4 is 21.4 Å². The molecule has 0 bridgehead atoms. The second-order valence-electron chi connectivity index (χ2n) is 7.99. The predicted molar refractivity (Wildman–Crippen MR) is 110 cm³/mol. The molecule has 2 rings (SSSR count). The van der Waals surface area contributed by atoms with Gasteiger partial charge in [-0.05, 0) is 39.4 Å². The summed E-state index contributed by atoms with van der Waals surface area (Å²) < 4.78 is 27.4. The van der Waals surface area contributed by atoms with Crippen molar-refractivity contribution in [3.63, 3.8) is 0 Å². The van der Waals surface area contributed by atoms with E-state index in [4.69, 9.17) is 0 Å². The number of nitrogens with one attached hydrogen (secondary N) is 2. The molecule has 2 N–H and O–H groups in total. The van der Waals surface area contributed by atoms with Gasteiger partial charge in [-0.25, -0.2) is 13.1 Å². The van der Waals surface area contributed by atoms with Crippen molar-refractivity contribution in [1.29, 1.82) is 0 Å². The standard InChI is InChI=1S/C18H31N5O4S/c1-5-21-10-12-22(13-11-21)9-8-19-16-7-6-15(14-17(16)23(24)25)28(26,27)20-18(2,3)4/h6-7,14,19-20H,5,8-13H2,1-4H3. The highest BCUT2D eigenvalue weighted by Gasteiger charge is 2.25. The molecule has 0 unspecified atom stereocenters. The van der Waals surface area contributed by atoms with Crippen molar-refractivity contribution < 1.29 is 13.3 Å². The largest absolute Gasteiger partial charge is 0.378 e. The zero-order chi connectivity index (χ0) is 20.9. The molecule has 0 spiro atoms. The SMILES string of the molecule is CCN1CCN(CCNc2ccc(S(=O)(=O)NC(C)(C)C)cc2[N+](=O)[O-])CC1. The Hall–Kier alpha value is -1.75. The molecule has 1 fully saturated rings. The van der Waals surface area contributed by atoms with Gasteiger partial charge in [-0.15, -0.1) is 0 Å². The van der Waals surface area contributed by atoms with Crippen molar-refractivity contribution in [2.75, 3.05) is 51.1 Å². The molecule has 9 nitrogen and oxygen atoms in total. The molecule has 1 aromatic carbocycles. The zero-order valence-electron chi connectivity index (χ0n) is 17.1. The van der Waals surface area contributed by atoms with Crippen LogP contribution < -0.4 is 10.0 Å². The highest BCUT2D eigenvalue weighted by Crippen LogP contribution is 2.28. The number of rotatable bonds is 8. The van der Waals surface area contributed by atoms with Gasteiger partial charge >= 0.3 is 0 Å².